The number of aliphatic carboxylic acids is 1. The van der Waals surface area contributed by atoms with E-state index in [1.807, 2.05) is 31.2 Å². The SMILES string of the molecule is Cc1cccc(C[C@H](S)C(=O)O)c1. The van der Waals surface area contributed by atoms with E-state index in [1.54, 1.807) is 0 Å². The number of hydrogen-bond donors (Lipinski definition) is 2. The molecule has 13 heavy (non-hydrogen) atoms. The molecule has 3 heteroatoms. The molecule has 1 aromatic carbocycles. The van der Waals surface area contributed by atoms with E-state index in [2.05, 4.69) is 12.6 Å². The molecule has 0 amide bonds. The molecule has 2 nitrogen and oxygen atoms in total. The molecule has 0 fully saturated rings. The summed E-state index contributed by atoms with van der Waals surface area (Å²) in [6, 6.07) is 7.80. The molecule has 70 valence electrons. The molecule has 0 bridgehead atoms. The minimum atomic E-state index is -0.871. The average molecular weight is 196 g/mol. The molecule has 0 aromatic heterocycles. The second-order valence-electron chi connectivity index (χ2n) is 3.05. The number of aryl methyl sites for hydroxylation is 1. The number of benzene rings is 1. The third-order valence-electron chi connectivity index (χ3n) is 1.80. The highest BCUT2D eigenvalue weighted by Crippen LogP contribution is 2.09. The van der Waals surface area contributed by atoms with Gasteiger partial charge in [0.15, 0.2) is 0 Å². The number of carboxylic acids is 1. The number of hydrogen-bond acceptors (Lipinski definition) is 2. The van der Waals surface area contributed by atoms with Gasteiger partial charge in [-0.15, -0.1) is 0 Å². The first kappa shape index (κ1) is 10.1. The molecule has 0 aliphatic rings. The molecular weight excluding hydrogens is 184 g/mol. The zero-order chi connectivity index (χ0) is 9.84. The molecule has 0 spiro atoms. The van der Waals surface area contributed by atoms with Crippen LogP contribution in [0.3, 0.4) is 0 Å². The molecule has 0 radical (unpaired) electrons. The van der Waals surface area contributed by atoms with E-state index in [-0.39, 0.29) is 0 Å². The van der Waals surface area contributed by atoms with Crippen molar-refractivity contribution in [3.63, 3.8) is 0 Å². The molecular formula is C10H12O2S. The van der Waals surface area contributed by atoms with Crippen molar-refractivity contribution in [2.45, 2.75) is 18.6 Å². The topological polar surface area (TPSA) is 37.3 Å². The van der Waals surface area contributed by atoms with Crippen molar-refractivity contribution < 1.29 is 9.90 Å². The molecule has 1 N–H and O–H groups in total. The summed E-state index contributed by atoms with van der Waals surface area (Å²) in [5.41, 5.74) is 2.16. The summed E-state index contributed by atoms with van der Waals surface area (Å²) < 4.78 is 0. The van der Waals surface area contributed by atoms with Crippen molar-refractivity contribution >= 4 is 18.6 Å². The number of rotatable bonds is 3. The van der Waals surface area contributed by atoms with E-state index in [0.29, 0.717) is 6.42 Å². The van der Waals surface area contributed by atoms with Crippen LogP contribution in [0, 0.1) is 6.92 Å². The molecule has 1 rings (SSSR count). The normalized spacial score (nSPS) is 12.5. The van der Waals surface area contributed by atoms with Crippen molar-refractivity contribution in [2.75, 3.05) is 0 Å². The highest BCUT2D eigenvalue weighted by molar-refractivity contribution is 7.81. The van der Waals surface area contributed by atoms with Crippen LogP contribution >= 0.6 is 12.6 Å². The number of thiol groups is 1. The van der Waals surface area contributed by atoms with Gasteiger partial charge in [0.25, 0.3) is 0 Å². The molecule has 0 unspecified atom stereocenters. The first-order valence-electron chi connectivity index (χ1n) is 4.06. The van der Waals surface area contributed by atoms with Crippen LogP contribution in [0.4, 0.5) is 0 Å². The summed E-state index contributed by atoms with van der Waals surface area (Å²) in [5.74, 6) is -0.871. The summed E-state index contributed by atoms with van der Waals surface area (Å²) in [7, 11) is 0. The zero-order valence-corrected chi connectivity index (χ0v) is 8.29. The maximum absolute atomic E-state index is 10.5. The van der Waals surface area contributed by atoms with E-state index >= 15 is 0 Å². The van der Waals surface area contributed by atoms with Crippen LogP contribution in [-0.2, 0) is 11.2 Å². The minimum absolute atomic E-state index is 0.472. The highest BCUT2D eigenvalue weighted by Gasteiger charge is 2.11. The quantitative estimate of drug-likeness (QED) is 0.725. The Bertz CT molecular complexity index is 310. The average Bonchev–Trinajstić information content (AvgIpc) is 2.04. The monoisotopic (exact) mass is 196 g/mol. The van der Waals surface area contributed by atoms with Crippen molar-refractivity contribution in [3.8, 4) is 0 Å². The standard InChI is InChI=1S/C10H12O2S/c1-7-3-2-4-8(5-7)6-9(13)10(11)12/h2-5,9,13H,6H2,1H3,(H,11,12)/t9-/m0/s1. The van der Waals surface area contributed by atoms with Gasteiger partial charge >= 0.3 is 5.97 Å². The van der Waals surface area contributed by atoms with Crippen LogP contribution in [0.5, 0.6) is 0 Å². The lowest BCUT2D eigenvalue weighted by Crippen LogP contribution is -2.16. The van der Waals surface area contributed by atoms with Gasteiger partial charge in [-0.25, -0.2) is 0 Å². The Morgan fingerprint density at radius 2 is 2.31 bits per heavy atom. The fraction of sp³-hybridized carbons (Fsp3) is 0.300. The molecule has 1 atom stereocenters. The minimum Gasteiger partial charge on any atom is -0.480 e. The summed E-state index contributed by atoms with van der Waals surface area (Å²) in [6.07, 6.45) is 0.472. The smallest absolute Gasteiger partial charge is 0.316 e. The third-order valence-corrected chi connectivity index (χ3v) is 2.20. The lowest BCUT2D eigenvalue weighted by atomic mass is 10.1. The third kappa shape index (κ3) is 3.11. The van der Waals surface area contributed by atoms with Crippen LogP contribution in [0.15, 0.2) is 24.3 Å². The maximum atomic E-state index is 10.5. The molecule has 0 aliphatic carbocycles. The van der Waals surface area contributed by atoms with Gasteiger partial charge < -0.3 is 5.11 Å². The Morgan fingerprint density at radius 3 is 2.85 bits per heavy atom. The van der Waals surface area contributed by atoms with Crippen molar-refractivity contribution in [3.05, 3.63) is 35.4 Å². The fourth-order valence-corrected chi connectivity index (χ4v) is 1.36. The van der Waals surface area contributed by atoms with Crippen LogP contribution in [0.25, 0.3) is 0 Å². The van der Waals surface area contributed by atoms with Crippen LogP contribution in [-0.4, -0.2) is 16.3 Å². The predicted molar refractivity (Wildman–Crippen MR) is 55.3 cm³/mol. The summed E-state index contributed by atoms with van der Waals surface area (Å²) >= 11 is 3.97. The zero-order valence-electron chi connectivity index (χ0n) is 7.40. The van der Waals surface area contributed by atoms with Gasteiger partial charge in [-0.05, 0) is 18.9 Å². The van der Waals surface area contributed by atoms with Gasteiger partial charge in [0, 0.05) is 0 Å². The van der Waals surface area contributed by atoms with Gasteiger partial charge in [-0.1, -0.05) is 29.8 Å². The van der Waals surface area contributed by atoms with E-state index in [9.17, 15) is 4.79 Å². The molecule has 0 saturated heterocycles. The van der Waals surface area contributed by atoms with Crippen molar-refractivity contribution in [1.82, 2.24) is 0 Å². The second kappa shape index (κ2) is 4.33. The van der Waals surface area contributed by atoms with E-state index in [1.165, 1.54) is 0 Å². The molecule has 0 aliphatic heterocycles. The van der Waals surface area contributed by atoms with Crippen LogP contribution in [0.1, 0.15) is 11.1 Å². The number of carbonyl (C=O) groups is 1. The number of carboxylic acid groups (broad SMARTS) is 1. The Morgan fingerprint density at radius 1 is 1.62 bits per heavy atom. The first-order chi connectivity index (χ1) is 6.09. The first-order valence-corrected chi connectivity index (χ1v) is 4.57. The highest BCUT2D eigenvalue weighted by atomic mass is 32.1. The molecule has 1 aromatic rings. The van der Waals surface area contributed by atoms with Gasteiger partial charge in [0.2, 0.25) is 0 Å². The van der Waals surface area contributed by atoms with Gasteiger partial charge in [0.05, 0.1) is 0 Å². The Balaban J connectivity index is 2.69. The molecule has 0 saturated carbocycles. The summed E-state index contributed by atoms with van der Waals surface area (Å²) in [5, 5.41) is 8.03. The van der Waals surface area contributed by atoms with Crippen LogP contribution < -0.4 is 0 Å². The van der Waals surface area contributed by atoms with Gasteiger partial charge in [-0.3, -0.25) is 4.79 Å². The fourth-order valence-electron chi connectivity index (χ4n) is 1.15. The van der Waals surface area contributed by atoms with E-state index < -0.39 is 11.2 Å². The van der Waals surface area contributed by atoms with Crippen LogP contribution in [0.2, 0.25) is 0 Å². The van der Waals surface area contributed by atoms with Crippen molar-refractivity contribution in [2.24, 2.45) is 0 Å². The Hall–Kier alpha value is -0.960. The van der Waals surface area contributed by atoms with Gasteiger partial charge in [0.1, 0.15) is 5.25 Å². The maximum Gasteiger partial charge on any atom is 0.316 e. The largest absolute Gasteiger partial charge is 0.480 e. The lowest BCUT2D eigenvalue weighted by molar-refractivity contribution is -0.136. The lowest BCUT2D eigenvalue weighted by Gasteiger charge is -2.05. The Kier molecular flexibility index (Phi) is 3.37. The van der Waals surface area contributed by atoms with E-state index in [4.69, 9.17) is 5.11 Å². The van der Waals surface area contributed by atoms with Gasteiger partial charge in [-0.2, -0.15) is 12.6 Å². The summed E-state index contributed by atoms with van der Waals surface area (Å²) in [6.45, 7) is 1.98. The Labute approximate surface area is 83.0 Å². The predicted octanol–water partition coefficient (Wildman–Crippen LogP) is 1.92. The molecule has 0 heterocycles. The van der Waals surface area contributed by atoms with E-state index in [0.717, 1.165) is 11.1 Å². The van der Waals surface area contributed by atoms with Crippen molar-refractivity contribution in [1.29, 1.82) is 0 Å². The second-order valence-corrected chi connectivity index (χ2v) is 3.67. The summed E-state index contributed by atoms with van der Waals surface area (Å²) in [4.78, 5) is 10.5.